The number of hydrogen-bond donors (Lipinski definition) is 1. The van der Waals surface area contributed by atoms with Crippen LogP contribution in [0, 0.1) is 13.8 Å². The van der Waals surface area contributed by atoms with Crippen molar-refractivity contribution < 1.29 is 5.11 Å². The highest BCUT2D eigenvalue weighted by Crippen LogP contribution is 2.30. The molecule has 0 atom stereocenters. The van der Waals surface area contributed by atoms with E-state index >= 15 is 0 Å². The summed E-state index contributed by atoms with van der Waals surface area (Å²) in [5, 5.41) is 17.9. The zero-order valence-corrected chi connectivity index (χ0v) is 11.2. The number of hydrogen-bond acceptors (Lipinski definition) is 3. The smallest absolute Gasteiger partial charge is 0.121 e. The van der Waals surface area contributed by atoms with E-state index in [0.29, 0.717) is 5.75 Å². The van der Waals surface area contributed by atoms with Gasteiger partial charge in [-0.2, -0.15) is 0 Å². The van der Waals surface area contributed by atoms with Crippen molar-refractivity contribution in [1.29, 1.82) is 0 Å². The Labute approximate surface area is 111 Å². The summed E-state index contributed by atoms with van der Waals surface area (Å²) < 4.78 is 1.76. The van der Waals surface area contributed by atoms with Gasteiger partial charge >= 0.3 is 0 Å². The molecule has 3 aromatic rings. The van der Waals surface area contributed by atoms with Crippen molar-refractivity contribution in [2.75, 3.05) is 0 Å². The molecule has 0 amide bonds. The predicted molar refractivity (Wildman–Crippen MR) is 75.1 cm³/mol. The number of aromatic hydroxyl groups is 1. The Kier molecular flexibility index (Phi) is 2.52. The number of phenolic OH excluding ortho intramolecular Hbond substituents is 1. The largest absolute Gasteiger partial charge is 0.507 e. The van der Waals surface area contributed by atoms with Crippen molar-refractivity contribution in [2.45, 2.75) is 13.8 Å². The molecule has 0 aliphatic rings. The van der Waals surface area contributed by atoms with Crippen LogP contribution in [0.3, 0.4) is 0 Å². The molecule has 0 bridgehead atoms. The van der Waals surface area contributed by atoms with Crippen molar-refractivity contribution in [2.24, 2.45) is 7.05 Å². The maximum atomic E-state index is 9.84. The number of aromatic nitrogens is 3. The molecule has 0 unspecified atom stereocenters. The molecule has 3 rings (SSSR count). The van der Waals surface area contributed by atoms with Crippen LogP contribution in [0.1, 0.15) is 11.1 Å². The summed E-state index contributed by atoms with van der Waals surface area (Å²) in [6.45, 7) is 3.83. The summed E-state index contributed by atoms with van der Waals surface area (Å²) in [6, 6.07) is 10.1. The Morgan fingerprint density at radius 1 is 1.00 bits per heavy atom. The van der Waals surface area contributed by atoms with Gasteiger partial charge in [0.15, 0.2) is 0 Å². The Balaban J connectivity index is 2.21. The molecule has 0 fully saturated rings. The van der Waals surface area contributed by atoms with Gasteiger partial charge in [0.2, 0.25) is 0 Å². The lowest BCUT2D eigenvalue weighted by Crippen LogP contribution is -1.90. The molecule has 96 valence electrons. The van der Waals surface area contributed by atoms with E-state index in [2.05, 4.69) is 16.4 Å². The minimum Gasteiger partial charge on any atom is -0.507 e. The summed E-state index contributed by atoms with van der Waals surface area (Å²) in [7, 11) is 1.88. The van der Waals surface area contributed by atoms with Crippen molar-refractivity contribution in [3.05, 3.63) is 41.5 Å². The molecule has 0 saturated heterocycles. The van der Waals surface area contributed by atoms with Gasteiger partial charge in [0, 0.05) is 7.05 Å². The van der Waals surface area contributed by atoms with Crippen LogP contribution in [0.5, 0.6) is 5.75 Å². The molecule has 1 heterocycles. The van der Waals surface area contributed by atoms with Gasteiger partial charge < -0.3 is 5.11 Å². The fourth-order valence-electron chi connectivity index (χ4n) is 2.33. The van der Waals surface area contributed by atoms with Crippen molar-refractivity contribution in [3.8, 4) is 16.9 Å². The van der Waals surface area contributed by atoms with Crippen LogP contribution < -0.4 is 0 Å². The van der Waals surface area contributed by atoms with Crippen LogP contribution in [0.25, 0.3) is 22.2 Å². The molecule has 0 aliphatic carbocycles. The SMILES string of the molecule is Cc1cc(-c2ccc3nnn(C)c3c2)cc(C)c1O. The standard InChI is InChI=1S/C15H15N3O/c1-9-6-12(7-10(2)15(9)19)11-4-5-13-14(8-11)18(3)17-16-13/h4-8,19H,1-3H3. The summed E-state index contributed by atoms with van der Waals surface area (Å²) in [5.74, 6) is 0.368. The maximum absolute atomic E-state index is 9.84. The Morgan fingerprint density at radius 2 is 1.68 bits per heavy atom. The van der Waals surface area contributed by atoms with E-state index in [1.54, 1.807) is 4.68 Å². The second kappa shape index (κ2) is 4.09. The van der Waals surface area contributed by atoms with Gasteiger partial charge in [0.25, 0.3) is 0 Å². The van der Waals surface area contributed by atoms with Crippen LogP contribution in [-0.4, -0.2) is 20.1 Å². The second-order valence-electron chi connectivity index (χ2n) is 4.88. The van der Waals surface area contributed by atoms with E-state index in [4.69, 9.17) is 0 Å². The molecule has 0 aliphatic heterocycles. The molecule has 1 N–H and O–H groups in total. The van der Waals surface area contributed by atoms with Gasteiger partial charge in [-0.1, -0.05) is 11.3 Å². The molecule has 0 radical (unpaired) electrons. The minimum atomic E-state index is 0.368. The zero-order chi connectivity index (χ0) is 13.6. The van der Waals surface area contributed by atoms with Gasteiger partial charge in [-0.3, -0.25) is 0 Å². The average molecular weight is 253 g/mol. The number of phenols is 1. The maximum Gasteiger partial charge on any atom is 0.121 e. The van der Waals surface area contributed by atoms with Crippen molar-refractivity contribution in [3.63, 3.8) is 0 Å². The first kappa shape index (κ1) is 11.7. The topological polar surface area (TPSA) is 50.9 Å². The van der Waals surface area contributed by atoms with Gasteiger partial charge in [0.1, 0.15) is 11.3 Å². The highest BCUT2D eigenvalue weighted by molar-refractivity contribution is 5.82. The third kappa shape index (κ3) is 1.85. The number of benzene rings is 2. The Morgan fingerprint density at radius 3 is 2.37 bits per heavy atom. The summed E-state index contributed by atoms with van der Waals surface area (Å²) >= 11 is 0. The van der Waals surface area contributed by atoms with Crippen molar-refractivity contribution >= 4 is 11.0 Å². The third-order valence-corrected chi connectivity index (χ3v) is 3.44. The van der Waals surface area contributed by atoms with Crippen LogP contribution in [0.4, 0.5) is 0 Å². The molecule has 0 saturated carbocycles. The molecule has 1 aromatic heterocycles. The Bertz CT molecular complexity index is 751. The number of rotatable bonds is 1. The molecule has 4 nitrogen and oxygen atoms in total. The van der Waals surface area contributed by atoms with Crippen LogP contribution in [-0.2, 0) is 7.05 Å². The summed E-state index contributed by atoms with van der Waals surface area (Å²) in [4.78, 5) is 0. The van der Waals surface area contributed by atoms with E-state index in [-0.39, 0.29) is 0 Å². The van der Waals surface area contributed by atoms with Gasteiger partial charge in [-0.05, 0) is 60.4 Å². The molecular weight excluding hydrogens is 238 g/mol. The highest BCUT2D eigenvalue weighted by Gasteiger charge is 2.08. The lowest BCUT2D eigenvalue weighted by Gasteiger charge is -2.08. The number of fused-ring (bicyclic) bond motifs is 1. The molecule has 0 spiro atoms. The van der Waals surface area contributed by atoms with Gasteiger partial charge in [-0.25, -0.2) is 4.68 Å². The predicted octanol–water partition coefficient (Wildman–Crippen LogP) is 2.96. The third-order valence-electron chi connectivity index (χ3n) is 3.44. The van der Waals surface area contributed by atoms with E-state index in [1.165, 1.54) is 0 Å². The first-order valence-corrected chi connectivity index (χ1v) is 6.16. The average Bonchev–Trinajstić information content (AvgIpc) is 2.77. The van der Waals surface area contributed by atoms with E-state index in [0.717, 1.165) is 33.3 Å². The van der Waals surface area contributed by atoms with Crippen molar-refractivity contribution in [1.82, 2.24) is 15.0 Å². The monoisotopic (exact) mass is 253 g/mol. The first-order chi connectivity index (χ1) is 9.06. The normalized spacial score (nSPS) is 11.1. The fourth-order valence-corrected chi connectivity index (χ4v) is 2.33. The number of aryl methyl sites for hydroxylation is 3. The summed E-state index contributed by atoms with van der Waals surface area (Å²) in [5.41, 5.74) is 5.86. The van der Waals surface area contributed by atoms with E-state index in [9.17, 15) is 5.11 Å². The summed E-state index contributed by atoms with van der Waals surface area (Å²) in [6.07, 6.45) is 0. The minimum absolute atomic E-state index is 0.368. The van der Waals surface area contributed by atoms with Crippen LogP contribution in [0.2, 0.25) is 0 Å². The molecule has 19 heavy (non-hydrogen) atoms. The molecule has 2 aromatic carbocycles. The second-order valence-corrected chi connectivity index (χ2v) is 4.88. The molecular formula is C15H15N3O. The van der Waals surface area contributed by atoms with Crippen LogP contribution >= 0.6 is 0 Å². The first-order valence-electron chi connectivity index (χ1n) is 6.16. The van der Waals surface area contributed by atoms with Gasteiger partial charge in [0.05, 0.1) is 5.52 Å². The zero-order valence-electron chi connectivity index (χ0n) is 11.2. The van der Waals surface area contributed by atoms with Gasteiger partial charge in [-0.15, -0.1) is 5.10 Å². The quantitative estimate of drug-likeness (QED) is 0.725. The lowest BCUT2D eigenvalue weighted by molar-refractivity contribution is 0.467. The highest BCUT2D eigenvalue weighted by atomic mass is 16.3. The van der Waals surface area contributed by atoms with E-state index < -0.39 is 0 Å². The molecule has 4 heteroatoms. The Hall–Kier alpha value is -2.36. The van der Waals surface area contributed by atoms with E-state index in [1.807, 2.05) is 45.2 Å². The van der Waals surface area contributed by atoms with Crippen LogP contribution in [0.15, 0.2) is 30.3 Å². The number of nitrogens with zero attached hydrogens (tertiary/aromatic N) is 3. The fraction of sp³-hybridized carbons (Fsp3) is 0.200. The lowest BCUT2D eigenvalue weighted by atomic mass is 9.99.